The van der Waals surface area contributed by atoms with Gasteiger partial charge in [0, 0.05) is 24.2 Å². The highest BCUT2D eigenvalue weighted by atomic mass is 16.1. The molecule has 0 aliphatic carbocycles. The van der Waals surface area contributed by atoms with Gasteiger partial charge >= 0.3 is 0 Å². The molecule has 0 atom stereocenters. The van der Waals surface area contributed by atoms with Crippen LogP contribution >= 0.6 is 0 Å². The number of anilines is 1. The Balaban J connectivity index is 1.63. The molecular weight excluding hydrogens is 350 g/mol. The van der Waals surface area contributed by atoms with Crippen LogP contribution < -0.4 is 10.9 Å². The average molecular weight is 373 g/mol. The second-order valence-corrected chi connectivity index (χ2v) is 7.22. The van der Waals surface area contributed by atoms with Crippen molar-refractivity contribution in [3.05, 3.63) is 75.8 Å². The van der Waals surface area contributed by atoms with E-state index in [0.717, 1.165) is 37.1 Å². The first-order valence-electron chi connectivity index (χ1n) is 9.70. The highest BCUT2D eigenvalue weighted by molar-refractivity contribution is 6.06. The van der Waals surface area contributed by atoms with Crippen LogP contribution in [0.3, 0.4) is 0 Å². The molecule has 0 fully saturated rings. The number of fused-ring (bicyclic) bond motifs is 2. The third-order valence-electron chi connectivity index (χ3n) is 5.11. The van der Waals surface area contributed by atoms with Gasteiger partial charge in [-0.25, -0.2) is 4.98 Å². The highest BCUT2D eigenvalue weighted by Gasteiger charge is 2.14. The molecule has 1 amide bonds. The van der Waals surface area contributed by atoms with Crippen molar-refractivity contribution in [2.45, 2.75) is 39.2 Å². The fourth-order valence-electron chi connectivity index (χ4n) is 3.59. The molecule has 4 rings (SSSR count). The van der Waals surface area contributed by atoms with Gasteiger partial charge in [0.2, 0.25) is 0 Å². The van der Waals surface area contributed by atoms with Crippen molar-refractivity contribution in [3.8, 4) is 0 Å². The second-order valence-electron chi connectivity index (χ2n) is 7.22. The lowest BCUT2D eigenvalue weighted by Gasteiger charge is -2.11. The number of nitrogens with one attached hydrogen (secondary N) is 1. The molecular formula is C23H23N3O2. The number of hydrogen-bond donors (Lipinski definition) is 1. The fourth-order valence-corrected chi connectivity index (χ4v) is 3.59. The predicted molar refractivity (Wildman–Crippen MR) is 112 cm³/mol. The van der Waals surface area contributed by atoms with Crippen LogP contribution in [0, 0.1) is 0 Å². The van der Waals surface area contributed by atoms with E-state index in [-0.39, 0.29) is 11.5 Å². The minimum atomic E-state index is -0.189. The van der Waals surface area contributed by atoms with Crippen molar-refractivity contribution in [1.82, 2.24) is 9.55 Å². The topological polar surface area (TPSA) is 64.0 Å². The first-order chi connectivity index (χ1) is 13.6. The molecule has 0 saturated heterocycles. The van der Waals surface area contributed by atoms with Gasteiger partial charge in [-0.3, -0.25) is 14.2 Å². The number of aryl methyl sites for hydroxylation is 1. The van der Waals surface area contributed by atoms with E-state index in [9.17, 15) is 9.59 Å². The molecule has 28 heavy (non-hydrogen) atoms. The summed E-state index contributed by atoms with van der Waals surface area (Å²) in [5.41, 5.74) is 2.84. The van der Waals surface area contributed by atoms with Crippen molar-refractivity contribution in [2.75, 3.05) is 5.32 Å². The second kappa shape index (κ2) is 7.80. The molecule has 142 valence electrons. The SMILES string of the molecule is CC(=Cc1ccccc1)C(=O)Nc1ccc2nc3n(c(=O)c2c1)CCCCC3. The van der Waals surface area contributed by atoms with Crippen molar-refractivity contribution in [1.29, 1.82) is 0 Å². The largest absolute Gasteiger partial charge is 0.322 e. The molecule has 1 N–H and O–H groups in total. The van der Waals surface area contributed by atoms with Gasteiger partial charge < -0.3 is 5.32 Å². The smallest absolute Gasteiger partial charge is 0.261 e. The molecule has 1 aromatic heterocycles. The Morgan fingerprint density at radius 2 is 1.93 bits per heavy atom. The first-order valence-corrected chi connectivity index (χ1v) is 9.70. The van der Waals surface area contributed by atoms with Gasteiger partial charge in [-0.2, -0.15) is 0 Å². The van der Waals surface area contributed by atoms with Crippen LogP contribution in [0.25, 0.3) is 17.0 Å². The number of nitrogens with zero attached hydrogens (tertiary/aromatic N) is 2. The number of benzene rings is 2. The van der Waals surface area contributed by atoms with Crippen molar-refractivity contribution in [2.24, 2.45) is 0 Å². The third-order valence-corrected chi connectivity index (χ3v) is 5.11. The maximum absolute atomic E-state index is 12.9. The normalized spacial score (nSPS) is 14.4. The van der Waals surface area contributed by atoms with Gasteiger partial charge in [-0.1, -0.05) is 36.8 Å². The van der Waals surface area contributed by atoms with Gasteiger partial charge in [0.1, 0.15) is 5.82 Å². The maximum Gasteiger partial charge on any atom is 0.261 e. The van der Waals surface area contributed by atoms with Crippen LogP contribution in [0.2, 0.25) is 0 Å². The van der Waals surface area contributed by atoms with Gasteiger partial charge in [0.25, 0.3) is 11.5 Å². The average Bonchev–Trinajstić information content (AvgIpc) is 2.95. The monoisotopic (exact) mass is 373 g/mol. The van der Waals surface area contributed by atoms with Crippen LogP contribution in [0.15, 0.2) is 58.9 Å². The first kappa shape index (κ1) is 18.2. The molecule has 2 aromatic carbocycles. The Morgan fingerprint density at radius 3 is 2.75 bits per heavy atom. The molecule has 2 heterocycles. The number of hydrogen-bond acceptors (Lipinski definition) is 3. The molecule has 1 aliphatic rings. The maximum atomic E-state index is 12.9. The molecule has 1 aliphatic heterocycles. The molecule has 0 spiro atoms. The predicted octanol–water partition coefficient (Wildman–Crippen LogP) is 4.16. The summed E-state index contributed by atoms with van der Waals surface area (Å²) in [5, 5.41) is 3.44. The third kappa shape index (κ3) is 3.74. The van der Waals surface area contributed by atoms with Crippen LogP contribution in [-0.2, 0) is 17.8 Å². The Kier molecular flexibility index (Phi) is 5.06. The van der Waals surface area contributed by atoms with Gasteiger partial charge in [-0.05, 0) is 49.6 Å². The van der Waals surface area contributed by atoms with Crippen LogP contribution in [0.4, 0.5) is 5.69 Å². The summed E-state index contributed by atoms with van der Waals surface area (Å²) in [4.78, 5) is 30.2. The summed E-state index contributed by atoms with van der Waals surface area (Å²) < 4.78 is 1.79. The molecule has 0 unspecified atom stereocenters. The zero-order valence-electron chi connectivity index (χ0n) is 15.9. The fraction of sp³-hybridized carbons (Fsp3) is 0.261. The lowest BCUT2D eigenvalue weighted by molar-refractivity contribution is -0.112. The number of amides is 1. The highest BCUT2D eigenvalue weighted by Crippen LogP contribution is 2.19. The molecule has 0 bridgehead atoms. The summed E-state index contributed by atoms with van der Waals surface area (Å²) in [7, 11) is 0. The molecule has 5 heteroatoms. The Labute approximate surface area is 163 Å². The van der Waals surface area contributed by atoms with Crippen molar-refractivity contribution < 1.29 is 4.79 Å². The minimum Gasteiger partial charge on any atom is -0.322 e. The molecule has 3 aromatic rings. The van der Waals surface area contributed by atoms with Crippen LogP contribution in [0.5, 0.6) is 0 Å². The van der Waals surface area contributed by atoms with Crippen molar-refractivity contribution >= 4 is 28.6 Å². The van der Waals surface area contributed by atoms with Gasteiger partial charge in [0.05, 0.1) is 10.9 Å². The minimum absolute atomic E-state index is 0.0189. The summed E-state index contributed by atoms with van der Waals surface area (Å²) in [6.45, 7) is 2.49. The number of aromatic nitrogens is 2. The number of rotatable bonds is 3. The Bertz CT molecular complexity index is 1110. The molecule has 0 saturated carbocycles. The summed E-state index contributed by atoms with van der Waals surface area (Å²) in [5.74, 6) is 0.680. The van der Waals surface area contributed by atoms with E-state index in [1.807, 2.05) is 42.5 Å². The standard InChI is InChI=1S/C23H23N3O2/c1-16(14-17-8-4-2-5-9-17)22(27)24-18-11-12-20-19(15-18)23(28)26-13-7-3-6-10-21(26)25-20/h2,4-5,8-9,11-12,14-15H,3,6-7,10,13H2,1H3,(H,24,27). The Hall–Kier alpha value is -3.21. The van der Waals surface area contributed by atoms with E-state index in [4.69, 9.17) is 0 Å². The lowest BCUT2D eigenvalue weighted by Crippen LogP contribution is -2.24. The van der Waals surface area contributed by atoms with E-state index < -0.39 is 0 Å². The quantitative estimate of drug-likeness (QED) is 0.701. The zero-order chi connectivity index (χ0) is 19.5. The molecule has 0 radical (unpaired) electrons. The van der Waals surface area contributed by atoms with Crippen molar-refractivity contribution in [3.63, 3.8) is 0 Å². The van der Waals surface area contributed by atoms with Crippen LogP contribution in [0.1, 0.15) is 37.6 Å². The summed E-state index contributed by atoms with van der Waals surface area (Å²) in [6, 6.07) is 15.1. The molecule has 5 nitrogen and oxygen atoms in total. The van der Waals surface area contributed by atoms with E-state index in [2.05, 4.69) is 10.3 Å². The summed E-state index contributed by atoms with van der Waals surface area (Å²) in [6.07, 6.45) is 5.87. The van der Waals surface area contributed by atoms with Crippen LogP contribution in [-0.4, -0.2) is 15.5 Å². The lowest BCUT2D eigenvalue weighted by atomic mass is 10.1. The zero-order valence-corrected chi connectivity index (χ0v) is 15.9. The van der Waals surface area contributed by atoms with Gasteiger partial charge in [-0.15, -0.1) is 0 Å². The van der Waals surface area contributed by atoms with E-state index in [1.165, 1.54) is 0 Å². The van der Waals surface area contributed by atoms with E-state index in [0.29, 0.717) is 28.7 Å². The Morgan fingerprint density at radius 1 is 1.11 bits per heavy atom. The number of carbonyl (C=O) groups excluding carboxylic acids is 1. The summed E-state index contributed by atoms with van der Waals surface area (Å²) >= 11 is 0. The van der Waals surface area contributed by atoms with E-state index in [1.54, 1.807) is 23.6 Å². The van der Waals surface area contributed by atoms with Gasteiger partial charge in [0.15, 0.2) is 0 Å². The van der Waals surface area contributed by atoms with E-state index >= 15 is 0 Å². The number of carbonyl (C=O) groups is 1.